The quantitative estimate of drug-likeness (QED) is 0.454. The molecule has 2 N–H and O–H groups in total. The lowest BCUT2D eigenvalue weighted by molar-refractivity contribution is -0.136. The van der Waals surface area contributed by atoms with E-state index >= 15 is 0 Å². The molecule has 0 spiro atoms. The molecule has 0 aliphatic rings. The van der Waals surface area contributed by atoms with Gasteiger partial charge in [0.25, 0.3) is 0 Å². The third-order valence-electron chi connectivity index (χ3n) is 3.11. The summed E-state index contributed by atoms with van der Waals surface area (Å²) < 4.78 is 11.1. The van der Waals surface area contributed by atoms with E-state index in [1.807, 2.05) is 0 Å². The summed E-state index contributed by atoms with van der Waals surface area (Å²) in [5.74, 6) is -0.593. The second kappa shape index (κ2) is 8.84. The van der Waals surface area contributed by atoms with Crippen molar-refractivity contribution in [3.63, 3.8) is 0 Å². The Kier molecular flexibility index (Phi) is 6.53. The Morgan fingerprint density at radius 2 is 1.72 bits per heavy atom. The van der Waals surface area contributed by atoms with Crippen LogP contribution < -0.4 is 20.2 Å². The normalized spacial score (nSPS) is 10.4. The highest BCUT2D eigenvalue weighted by atomic mass is 79.9. The molecule has 8 heteroatoms. The topological polar surface area (TPSA) is 89.0 Å². The number of anilines is 1. The van der Waals surface area contributed by atoms with Crippen LogP contribution in [-0.4, -0.2) is 32.2 Å². The van der Waals surface area contributed by atoms with E-state index in [0.29, 0.717) is 27.2 Å². The van der Waals surface area contributed by atoms with Gasteiger partial charge in [-0.2, -0.15) is 5.10 Å². The zero-order chi connectivity index (χ0) is 18.2. The first kappa shape index (κ1) is 18.5. The third-order valence-corrected chi connectivity index (χ3v) is 3.73. The van der Waals surface area contributed by atoms with Gasteiger partial charge in [0.2, 0.25) is 0 Å². The van der Waals surface area contributed by atoms with Crippen LogP contribution in [0, 0.1) is 0 Å². The van der Waals surface area contributed by atoms with Crippen LogP contribution in [0.25, 0.3) is 0 Å². The van der Waals surface area contributed by atoms with Crippen molar-refractivity contribution in [1.29, 1.82) is 0 Å². The van der Waals surface area contributed by atoms with Crippen LogP contribution in [0.4, 0.5) is 5.69 Å². The Morgan fingerprint density at radius 3 is 2.36 bits per heavy atom. The predicted molar refractivity (Wildman–Crippen MR) is 98.1 cm³/mol. The van der Waals surface area contributed by atoms with Gasteiger partial charge in [-0.3, -0.25) is 9.59 Å². The van der Waals surface area contributed by atoms with Gasteiger partial charge < -0.3 is 14.8 Å². The lowest BCUT2D eigenvalue weighted by atomic mass is 10.2. The zero-order valence-corrected chi connectivity index (χ0v) is 15.2. The number of hydrazone groups is 1. The number of hydrogen-bond acceptors (Lipinski definition) is 5. The molecule has 7 nitrogen and oxygen atoms in total. The first-order valence-electron chi connectivity index (χ1n) is 7.16. The molecular weight excluding hydrogens is 390 g/mol. The van der Waals surface area contributed by atoms with Crippen LogP contribution in [0.3, 0.4) is 0 Å². The molecule has 0 bridgehead atoms. The van der Waals surface area contributed by atoms with Crippen molar-refractivity contribution in [1.82, 2.24) is 5.43 Å². The second-order valence-electron chi connectivity index (χ2n) is 4.75. The number of nitrogens with zero attached hydrogens (tertiary/aromatic N) is 1. The Morgan fingerprint density at radius 1 is 1.04 bits per heavy atom. The summed E-state index contributed by atoms with van der Waals surface area (Å²) in [7, 11) is 3.05. The second-order valence-corrected chi connectivity index (χ2v) is 5.60. The van der Waals surface area contributed by atoms with Crippen LogP contribution in [0.2, 0.25) is 0 Å². The van der Waals surface area contributed by atoms with Crippen molar-refractivity contribution in [3.8, 4) is 11.5 Å². The highest BCUT2D eigenvalue weighted by Gasteiger charge is 2.13. The Labute approximate surface area is 153 Å². The molecule has 2 amide bonds. The standard InChI is InChI=1S/C17H16BrN3O4/c1-24-14-9-15(25-2)13(18)8-11(14)10-19-21-17(23)16(22)20-12-6-4-3-5-7-12/h3-10H,1-2H3,(H,20,22)(H,21,23). The van der Waals surface area contributed by atoms with E-state index in [-0.39, 0.29) is 0 Å². The van der Waals surface area contributed by atoms with Crippen LogP contribution in [-0.2, 0) is 9.59 Å². The maximum absolute atomic E-state index is 11.8. The average Bonchev–Trinajstić information content (AvgIpc) is 2.62. The lowest BCUT2D eigenvalue weighted by Crippen LogP contribution is -2.32. The van der Waals surface area contributed by atoms with E-state index in [1.165, 1.54) is 13.3 Å². The molecule has 0 saturated carbocycles. The summed E-state index contributed by atoms with van der Waals surface area (Å²) in [4.78, 5) is 23.5. The molecule has 0 aromatic heterocycles. The molecule has 0 radical (unpaired) electrons. The maximum Gasteiger partial charge on any atom is 0.329 e. The maximum atomic E-state index is 11.8. The van der Waals surface area contributed by atoms with Crippen molar-refractivity contribution >= 4 is 39.6 Å². The van der Waals surface area contributed by atoms with Gasteiger partial charge in [-0.05, 0) is 34.1 Å². The minimum Gasteiger partial charge on any atom is -0.496 e. The number of carbonyl (C=O) groups is 2. The first-order chi connectivity index (χ1) is 12.0. The number of nitrogens with one attached hydrogen (secondary N) is 2. The minimum absolute atomic E-state index is 0.506. The fraction of sp³-hybridized carbons (Fsp3) is 0.118. The lowest BCUT2D eigenvalue weighted by Gasteiger charge is -2.09. The van der Waals surface area contributed by atoms with Gasteiger partial charge >= 0.3 is 11.8 Å². The average molecular weight is 406 g/mol. The monoisotopic (exact) mass is 405 g/mol. The Hall–Kier alpha value is -2.87. The molecule has 0 atom stereocenters. The van der Waals surface area contributed by atoms with E-state index in [4.69, 9.17) is 9.47 Å². The number of para-hydroxylation sites is 1. The van der Waals surface area contributed by atoms with Crippen molar-refractivity contribution in [3.05, 3.63) is 52.5 Å². The summed E-state index contributed by atoms with van der Waals surface area (Å²) in [6.07, 6.45) is 1.37. The number of ether oxygens (including phenoxy) is 2. The van der Waals surface area contributed by atoms with E-state index in [2.05, 4.69) is 31.8 Å². The van der Waals surface area contributed by atoms with Crippen molar-refractivity contribution < 1.29 is 19.1 Å². The molecule has 2 aromatic carbocycles. The smallest absolute Gasteiger partial charge is 0.329 e. The molecule has 0 heterocycles. The molecule has 2 rings (SSSR count). The third kappa shape index (κ3) is 5.05. The van der Waals surface area contributed by atoms with Crippen LogP contribution >= 0.6 is 15.9 Å². The number of halogens is 1. The SMILES string of the molecule is COc1cc(OC)c(C=NNC(=O)C(=O)Nc2ccccc2)cc1Br. The first-order valence-corrected chi connectivity index (χ1v) is 7.95. The highest BCUT2D eigenvalue weighted by Crippen LogP contribution is 2.31. The molecule has 2 aromatic rings. The molecule has 0 fully saturated rings. The van der Waals surface area contributed by atoms with Gasteiger partial charge in [0.15, 0.2) is 0 Å². The fourth-order valence-corrected chi connectivity index (χ4v) is 2.43. The summed E-state index contributed by atoms with van der Waals surface area (Å²) in [5.41, 5.74) is 3.28. The molecule has 0 aliphatic carbocycles. The number of benzene rings is 2. The Balaban J connectivity index is 2.01. The summed E-state index contributed by atoms with van der Waals surface area (Å²) in [5, 5.41) is 6.25. The fourth-order valence-electron chi connectivity index (χ4n) is 1.90. The van der Waals surface area contributed by atoms with Gasteiger partial charge in [-0.15, -0.1) is 0 Å². The van der Waals surface area contributed by atoms with Gasteiger partial charge in [-0.25, -0.2) is 5.43 Å². The summed E-state index contributed by atoms with van der Waals surface area (Å²) in [6.45, 7) is 0. The minimum atomic E-state index is -0.883. The number of methoxy groups -OCH3 is 2. The largest absolute Gasteiger partial charge is 0.496 e. The molecule has 0 saturated heterocycles. The zero-order valence-electron chi connectivity index (χ0n) is 13.6. The van der Waals surface area contributed by atoms with Gasteiger partial charge in [0.05, 0.1) is 24.9 Å². The highest BCUT2D eigenvalue weighted by molar-refractivity contribution is 9.10. The number of amides is 2. The van der Waals surface area contributed by atoms with E-state index in [9.17, 15) is 9.59 Å². The molecular formula is C17H16BrN3O4. The van der Waals surface area contributed by atoms with Crippen LogP contribution in [0.1, 0.15) is 5.56 Å². The Bertz CT molecular complexity index is 794. The molecule has 25 heavy (non-hydrogen) atoms. The van der Waals surface area contributed by atoms with Gasteiger partial charge in [0.1, 0.15) is 11.5 Å². The summed E-state index contributed by atoms with van der Waals surface area (Å²) in [6, 6.07) is 12.1. The molecule has 0 unspecified atom stereocenters. The summed E-state index contributed by atoms with van der Waals surface area (Å²) >= 11 is 3.36. The number of carbonyl (C=O) groups excluding carboxylic acids is 2. The van der Waals surface area contributed by atoms with Gasteiger partial charge in [0, 0.05) is 17.3 Å². The van der Waals surface area contributed by atoms with Crippen molar-refractivity contribution in [2.75, 3.05) is 19.5 Å². The van der Waals surface area contributed by atoms with Crippen LogP contribution in [0.5, 0.6) is 11.5 Å². The number of rotatable bonds is 5. The van der Waals surface area contributed by atoms with E-state index in [1.54, 1.807) is 49.6 Å². The van der Waals surface area contributed by atoms with Crippen LogP contribution in [0.15, 0.2) is 52.0 Å². The van der Waals surface area contributed by atoms with Crippen molar-refractivity contribution in [2.45, 2.75) is 0 Å². The predicted octanol–water partition coefficient (Wildman–Crippen LogP) is 2.56. The molecule has 130 valence electrons. The van der Waals surface area contributed by atoms with Crippen molar-refractivity contribution in [2.24, 2.45) is 5.10 Å². The number of hydrogen-bond donors (Lipinski definition) is 2. The van der Waals surface area contributed by atoms with E-state index < -0.39 is 11.8 Å². The molecule has 0 aliphatic heterocycles. The van der Waals surface area contributed by atoms with Gasteiger partial charge in [-0.1, -0.05) is 18.2 Å². The van der Waals surface area contributed by atoms with E-state index in [0.717, 1.165) is 0 Å².